The molecule has 0 bridgehead atoms. The Morgan fingerprint density at radius 1 is 1.25 bits per heavy atom. The van der Waals surface area contributed by atoms with Gasteiger partial charge in [-0.05, 0) is 33.4 Å². The number of amides is 1. The summed E-state index contributed by atoms with van der Waals surface area (Å²) in [6.07, 6.45) is -0.835. The number of nitrogens with zero attached hydrogens (tertiary/aromatic N) is 2. The van der Waals surface area contributed by atoms with Gasteiger partial charge >= 0.3 is 6.09 Å². The Kier molecular flexibility index (Phi) is 4.04. The Morgan fingerprint density at radius 2 is 1.85 bits per heavy atom. The molecule has 0 radical (unpaired) electrons. The Labute approximate surface area is 121 Å². The number of hydrogen-bond acceptors (Lipinski definition) is 2. The molecule has 1 heterocycles. The van der Waals surface area contributed by atoms with E-state index in [-0.39, 0.29) is 12.0 Å². The van der Waals surface area contributed by atoms with Crippen molar-refractivity contribution in [2.75, 3.05) is 20.1 Å². The summed E-state index contributed by atoms with van der Waals surface area (Å²) < 4.78 is 0. The minimum Gasteiger partial charge on any atom is -0.465 e. The molecule has 1 aliphatic heterocycles. The van der Waals surface area contributed by atoms with Gasteiger partial charge in [0.2, 0.25) is 0 Å². The summed E-state index contributed by atoms with van der Waals surface area (Å²) in [6.45, 7) is 7.56. The van der Waals surface area contributed by atoms with Crippen molar-refractivity contribution in [1.29, 1.82) is 0 Å². The third-order valence-corrected chi connectivity index (χ3v) is 3.96. The summed E-state index contributed by atoms with van der Waals surface area (Å²) in [5, 5.41) is 9.63. The Bertz CT molecular complexity index is 467. The van der Waals surface area contributed by atoms with Crippen molar-refractivity contribution >= 4 is 6.09 Å². The van der Waals surface area contributed by atoms with Crippen LogP contribution in [0.25, 0.3) is 0 Å². The zero-order valence-corrected chi connectivity index (χ0v) is 12.7. The summed E-state index contributed by atoms with van der Waals surface area (Å²) in [5.41, 5.74) is 0.826. The summed E-state index contributed by atoms with van der Waals surface area (Å²) in [6, 6.07) is 10.2. The highest BCUT2D eigenvalue weighted by atomic mass is 16.4. The lowest BCUT2D eigenvalue weighted by molar-refractivity contribution is 0.0686. The molecule has 4 nitrogen and oxygen atoms in total. The number of carbonyl (C=O) groups is 1. The molecule has 1 N–H and O–H groups in total. The monoisotopic (exact) mass is 276 g/mol. The third kappa shape index (κ3) is 2.96. The molecule has 2 rings (SSSR count). The van der Waals surface area contributed by atoms with E-state index in [0.717, 1.165) is 13.1 Å². The Hall–Kier alpha value is -1.55. The summed E-state index contributed by atoms with van der Waals surface area (Å²) in [7, 11) is 2.05. The van der Waals surface area contributed by atoms with Crippen LogP contribution in [0.4, 0.5) is 4.79 Å². The van der Waals surface area contributed by atoms with Crippen LogP contribution in [0.2, 0.25) is 0 Å². The minimum atomic E-state index is -0.835. The topological polar surface area (TPSA) is 43.8 Å². The van der Waals surface area contributed by atoms with E-state index in [2.05, 4.69) is 24.1 Å². The predicted octanol–water partition coefficient (Wildman–Crippen LogP) is 2.86. The van der Waals surface area contributed by atoms with Crippen LogP contribution >= 0.6 is 0 Å². The summed E-state index contributed by atoms with van der Waals surface area (Å²) in [4.78, 5) is 15.6. The largest absolute Gasteiger partial charge is 0.465 e. The van der Waals surface area contributed by atoms with Gasteiger partial charge in [0.25, 0.3) is 0 Å². The maximum absolute atomic E-state index is 11.7. The molecule has 1 aliphatic rings. The van der Waals surface area contributed by atoms with Crippen LogP contribution in [0, 0.1) is 0 Å². The number of likely N-dealkylation sites (tertiary alicyclic amines) is 1. The second-order valence-corrected chi connectivity index (χ2v) is 6.63. The van der Waals surface area contributed by atoms with Crippen LogP contribution in [0.5, 0.6) is 0 Å². The third-order valence-electron chi connectivity index (χ3n) is 3.96. The number of rotatable bonds is 2. The number of benzene rings is 1. The molecular weight excluding hydrogens is 252 g/mol. The first-order valence-corrected chi connectivity index (χ1v) is 7.06. The van der Waals surface area contributed by atoms with E-state index in [4.69, 9.17) is 0 Å². The highest BCUT2D eigenvalue weighted by Gasteiger charge is 2.42. The average Bonchev–Trinajstić information content (AvgIpc) is 2.69. The van der Waals surface area contributed by atoms with E-state index < -0.39 is 11.6 Å². The van der Waals surface area contributed by atoms with Crippen LogP contribution in [-0.4, -0.2) is 52.7 Å². The van der Waals surface area contributed by atoms with Gasteiger partial charge in [-0.2, -0.15) is 0 Å². The van der Waals surface area contributed by atoms with Crippen molar-refractivity contribution in [2.45, 2.75) is 38.3 Å². The highest BCUT2D eigenvalue weighted by Crippen LogP contribution is 2.33. The van der Waals surface area contributed by atoms with Crippen molar-refractivity contribution < 1.29 is 9.90 Å². The molecule has 0 unspecified atom stereocenters. The van der Waals surface area contributed by atoms with Gasteiger partial charge in [-0.1, -0.05) is 30.3 Å². The molecule has 110 valence electrons. The lowest BCUT2D eigenvalue weighted by atomic mass is 9.90. The van der Waals surface area contributed by atoms with E-state index in [9.17, 15) is 9.90 Å². The van der Waals surface area contributed by atoms with Crippen molar-refractivity contribution in [1.82, 2.24) is 9.80 Å². The quantitative estimate of drug-likeness (QED) is 0.903. The van der Waals surface area contributed by atoms with Gasteiger partial charge in [0, 0.05) is 24.5 Å². The van der Waals surface area contributed by atoms with Gasteiger partial charge in [-0.25, -0.2) is 4.79 Å². The van der Waals surface area contributed by atoms with E-state index in [1.807, 2.05) is 39.0 Å². The van der Waals surface area contributed by atoms with Gasteiger partial charge in [-0.3, -0.25) is 4.90 Å². The lowest BCUT2D eigenvalue weighted by Crippen LogP contribution is -2.53. The lowest BCUT2D eigenvalue weighted by Gasteiger charge is -2.40. The van der Waals surface area contributed by atoms with E-state index in [1.165, 1.54) is 5.56 Å². The highest BCUT2D eigenvalue weighted by molar-refractivity contribution is 5.67. The summed E-state index contributed by atoms with van der Waals surface area (Å²) >= 11 is 0. The first-order valence-electron chi connectivity index (χ1n) is 7.06. The van der Waals surface area contributed by atoms with Gasteiger partial charge in [0.05, 0.1) is 6.04 Å². The zero-order chi connectivity index (χ0) is 14.9. The van der Waals surface area contributed by atoms with Crippen molar-refractivity contribution in [3.63, 3.8) is 0 Å². The number of carboxylic acid groups (broad SMARTS) is 1. The van der Waals surface area contributed by atoms with E-state index >= 15 is 0 Å². The SMILES string of the molecule is CN1C[C@H](c2ccccc2)[C@@H](N(C(=O)O)C(C)(C)C)C1. The van der Waals surface area contributed by atoms with Gasteiger partial charge in [0.15, 0.2) is 0 Å². The van der Waals surface area contributed by atoms with Gasteiger partial charge in [-0.15, -0.1) is 0 Å². The van der Waals surface area contributed by atoms with E-state index in [0.29, 0.717) is 0 Å². The van der Waals surface area contributed by atoms with Crippen LogP contribution in [0.15, 0.2) is 30.3 Å². The smallest absolute Gasteiger partial charge is 0.408 e. The van der Waals surface area contributed by atoms with Crippen LogP contribution in [0.3, 0.4) is 0 Å². The first kappa shape index (κ1) is 14.9. The fraction of sp³-hybridized carbons (Fsp3) is 0.562. The standard InChI is InChI=1S/C16H24N2O2/c1-16(2,3)18(15(19)20)14-11-17(4)10-13(14)12-8-6-5-7-9-12/h5-9,13-14H,10-11H2,1-4H3,(H,19,20)/t13-,14+/m1/s1. The molecule has 1 aromatic carbocycles. The van der Waals surface area contributed by atoms with Gasteiger partial charge in [0.1, 0.15) is 0 Å². The first-order chi connectivity index (χ1) is 9.30. The zero-order valence-electron chi connectivity index (χ0n) is 12.7. The molecule has 1 fully saturated rings. The maximum Gasteiger partial charge on any atom is 0.408 e. The second kappa shape index (κ2) is 5.44. The Morgan fingerprint density at radius 3 is 2.35 bits per heavy atom. The molecule has 1 aromatic rings. The molecule has 1 saturated heterocycles. The predicted molar refractivity (Wildman–Crippen MR) is 80.1 cm³/mol. The maximum atomic E-state index is 11.7. The normalized spacial score (nSPS) is 23.8. The van der Waals surface area contributed by atoms with Crippen molar-refractivity contribution in [2.24, 2.45) is 0 Å². The fourth-order valence-electron chi connectivity index (χ4n) is 3.19. The molecule has 0 saturated carbocycles. The fourth-order valence-corrected chi connectivity index (χ4v) is 3.19. The summed E-state index contributed by atoms with van der Waals surface area (Å²) in [5.74, 6) is 0.233. The molecule has 4 heteroatoms. The van der Waals surface area contributed by atoms with E-state index in [1.54, 1.807) is 4.90 Å². The van der Waals surface area contributed by atoms with Crippen LogP contribution < -0.4 is 0 Å². The minimum absolute atomic E-state index is 0.0000926. The molecule has 20 heavy (non-hydrogen) atoms. The van der Waals surface area contributed by atoms with Gasteiger partial charge < -0.3 is 10.0 Å². The molecule has 0 aromatic heterocycles. The van der Waals surface area contributed by atoms with Crippen LogP contribution in [-0.2, 0) is 0 Å². The second-order valence-electron chi connectivity index (χ2n) is 6.63. The average molecular weight is 276 g/mol. The molecular formula is C16H24N2O2. The molecule has 0 aliphatic carbocycles. The molecule has 0 spiro atoms. The van der Waals surface area contributed by atoms with Crippen molar-refractivity contribution in [3.8, 4) is 0 Å². The number of likely N-dealkylation sites (N-methyl/N-ethyl adjacent to an activating group) is 1. The van der Waals surface area contributed by atoms with Crippen LogP contribution in [0.1, 0.15) is 32.3 Å². The molecule has 1 amide bonds. The van der Waals surface area contributed by atoms with Crippen molar-refractivity contribution in [3.05, 3.63) is 35.9 Å². The number of hydrogen-bond donors (Lipinski definition) is 1. The Balaban J connectivity index is 2.35. The molecule has 2 atom stereocenters.